The highest BCUT2D eigenvalue weighted by atomic mass is 19.1. The highest BCUT2D eigenvalue weighted by Gasteiger charge is 2.23. The predicted octanol–water partition coefficient (Wildman–Crippen LogP) is 7.02. The molecular formula is C26H26FNO2. The van der Waals surface area contributed by atoms with Gasteiger partial charge in [-0.05, 0) is 60.4 Å². The Morgan fingerprint density at radius 1 is 1.03 bits per heavy atom. The minimum absolute atomic E-state index is 0. The number of hydrogen-bond donors (Lipinski definition) is 1. The van der Waals surface area contributed by atoms with E-state index in [4.69, 9.17) is 0 Å². The van der Waals surface area contributed by atoms with Crippen molar-refractivity contribution in [3.05, 3.63) is 83.3 Å². The average molecular weight is 403 g/mol. The molecule has 3 nitrogen and oxygen atoms in total. The summed E-state index contributed by atoms with van der Waals surface area (Å²) in [6, 6.07) is 17.7. The third kappa shape index (κ3) is 3.39. The Labute approximate surface area is 176 Å². The Morgan fingerprint density at radius 2 is 1.77 bits per heavy atom. The first-order chi connectivity index (χ1) is 13.9. The number of aromatic nitrogens is 1. The van der Waals surface area contributed by atoms with Gasteiger partial charge in [-0.15, -0.1) is 0 Å². The maximum Gasteiger partial charge on any atom is 0.150 e. The van der Waals surface area contributed by atoms with Crippen LogP contribution in [-0.4, -0.2) is 16.0 Å². The second-order valence-corrected chi connectivity index (χ2v) is 7.59. The molecule has 1 aromatic heterocycles. The smallest absolute Gasteiger partial charge is 0.150 e. The first-order valence-electron chi connectivity index (χ1n) is 9.60. The zero-order valence-electron chi connectivity index (χ0n) is 16.6. The summed E-state index contributed by atoms with van der Waals surface area (Å²) in [5.41, 5.74) is 5.63. The van der Waals surface area contributed by atoms with Crippen molar-refractivity contribution < 1.29 is 14.3 Å². The van der Waals surface area contributed by atoms with Gasteiger partial charge in [0.15, 0.2) is 6.29 Å². The highest BCUT2D eigenvalue weighted by molar-refractivity contribution is 6.03. The third-order valence-electron chi connectivity index (χ3n) is 5.29. The van der Waals surface area contributed by atoms with E-state index in [1.54, 1.807) is 31.2 Å². The Balaban J connectivity index is 0.00000256. The fraction of sp³-hybridized carbons (Fsp3) is 0.192. The molecule has 3 aromatic carbocycles. The summed E-state index contributed by atoms with van der Waals surface area (Å²) in [7, 11) is 0. The second-order valence-electron chi connectivity index (χ2n) is 7.59. The molecule has 154 valence electrons. The van der Waals surface area contributed by atoms with Gasteiger partial charge in [-0.3, -0.25) is 4.79 Å². The molecule has 30 heavy (non-hydrogen) atoms. The van der Waals surface area contributed by atoms with E-state index in [1.807, 2.05) is 30.3 Å². The normalized spacial score (nSPS) is 11.0. The minimum atomic E-state index is -0.250. The van der Waals surface area contributed by atoms with Crippen LogP contribution in [0.25, 0.3) is 27.7 Å². The molecule has 4 rings (SSSR count). The van der Waals surface area contributed by atoms with Gasteiger partial charge in [0.25, 0.3) is 0 Å². The van der Waals surface area contributed by atoms with Gasteiger partial charge in [0, 0.05) is 27.9 Å². The van der Waals surface area contributed by atoms with Crippen LogP contribution in [0.1, 0.15) is 48.8 Å². The van der Waals surface area contributed by atoms with Gasteiger partial charge in [-0.25, -0.2) is 4.39 Å². The molecule has 0 atom stereocenters. The molecule has 0 aliphatic carbocycles. The van der Waals surface area contributed by atoms with Gasteiger partial charge >= 0.3 is 0 Å². The number of hydrogen-bond acceptors (Lipinski definition) is 2. The number of nitrogens with zero attached hydrogens (tertiary/aromatic N) is 1. The maximum atomic E-state index is 13.9. The molecule has 0 spiro atoms. The summed E-state index contributed by atoms with van der Waals surface area (Å²) < 4.78 is 16.0. The van der Waals surface area contributed by atoms with E-state index in [1.165, 1.54) is 6.07 Å². The molecule has 0 aliphatic heterocycles. The molecular weight excluding hydrogens is 377 g/mol. The Hall–Kier alpha value is -3.40. The number of aryl methyl sites for hydroxylation is 1. The molecule has 1 heterocycles. The van der Waals surface area contributed by atoms with Gasteiger partial charge in [0.05, 0.1) is 5.52 Å². The molecule has 0 radical (unpaired) electrons. The fourth-order valence-corrected chi connectivity index (χ4v) is 4.00. The van der Waals surface area contributed by atoms with Crippen LogP contribution < -0.4 is 0 Å². The average Bonchev–Trinajstić information content (AvgIpc) is 3.04. The number of fused-ring (bicyclic) bond motifs is 1. The largest absolute Gasteiger partial charge is 0.508 e. The van der Waals surface area contributed by atoms with Crippen LogP contribution in [0.3, 0.4) is 0 Å². The first kappa shape index (κ1) is 21.3. The van der Waals surface area contributed by atoms with E-state index >= 15 is 0 Å². The van der Waals surface area contributed by atoms with E-state index in [-0.39, 0.29) is 24.9 Å². The number of phenolic OH excluding ortho intramolecular Hbond substituents is 1. The molecule has 0 aliphatic rings. The quantitative estimate of drug-likeness (QED) is 0.372. The minimum Gasteiger partial charge on any atom is -0.508 e. The number of benzene rings is 3. The predicted molar refractivity (Wildman–Crippen MR) is 121 cm³/mol. The van der Waals surface area contributed by atoms with Crippen molar-refractivity contribution in [3.63, 3.8) is 0 Å². The number of phenols is 1. The monoisotopic (exact) mass is 403 g/mol. The summed E-state index contributed by atoms with van der Waals surface area (Å²) in [5.74, 6) is 0.0233. The summed E-state index contributed by atoms with van der Waals surface area (Å²) in [4.78, 5) is 11.7. The van der Waals surface area contributed by atoms with Crippen LogP contribution in [0.2, 0.25) is 0 Å². The van der Waals surface area contributed by atoms with Gasteiger partial charge < -0.3 is 9.67 Å². The number of halogens is 1. The van der Waals surface area contributed by atoms with Crippen molar-refractivity contribution in [2.24, 2.45) is 0 Å². The molecule has 0 saturated carbocycles. The SMILES string of the molecule is C.Cc1cc(-n2c(C(C)C)c(-c3ccccc3C=O)c3cc(O)ccc32)ccc1F. The number of carbonyl (C=O) groups excluding carboxylic acids is 1. The lowest BCUT2D eigenvalue weighted by Gasteiger charge is -2.17. The van der Waals surface area contributed by atoms with Gasteiger partial charge in [-0.2, -0.15) is 0 Å². The molecule has 1 N–H and O–H groups in total. The van der Waals surface area contributed by atoms with E-state index in [0.717, 1.165) is 39.7 Å². The van der Waals surface area contributed by atoms with Crippen LogP contribution in [0.5, 0.6) is 5.75 Å². The lowest BCUT2D eigenvalue weighted by atomic mass is 9.93. The van der Waals surface area contributed by atoms with Crippen molar-refractivity contribution in [1.82, 2.24) is 4.57 Å². The molecule has 0 fully saturated rings. The lowest BCUT2D eigenvalue weighted by Crippen LogP contribution is -2.04. The third-order valence-corrected chi connectivity index (χ3v) is 5.29. The van der Waals surface area contributed by atoms with E-state index in [9.17, 15) is 14.3 Å². The molecule has 0 bridgehead atoms. The van der Waals surface area contributed by atoms with E-state index < -0.39 is 0 Å². The molecule has 4 aromatic rings. The molecule has 0 unspecified atom stereocenters. The highest BCUT2D eigenvalue weighted by Crippen LogP contribution is 2.42. The first-order valence-corrected chi connectivity index (χ1v) is 9.60. The zero-order valence-corrected chi connectivity index (χ0v) is 16.6. The standard InChI is InChI=1S/C25H22FNO2.CH4/c1-15(2)25-24(20-7-5-4-6-17(20)14-28)21-13-19(29)9-11-23(21)27(25)18-8-10-22(26)16(3)12-18;/h4-15,29H,1-3H3;1H4. The van der Waals surface area contributed by atoms with Crippen LogP contribution in [0.15, 0.2) is 60.7 Å². The van der Waals surface area contributed by atoms with Crippen molar-refractivity contribution in [2.75, 3.05) is 0 Å². The number of aldehydes is 1. The van der Waals surface area contributed by atoms with E-state index in [0.29, 0.717) is 11.1 Å². The van der Waals surface area contributed by atoms with Crippen molar-refractivity contribution >= 4 is 17.2 Å². The molecule has 0 amide bonds. The van der Waals surface area contributed by atoms with Gasteiger partial charge in [0.1, 0.15) is 11.6 Å². The van der Waals surface area contributed by atoms with Crippen LogP contribution in [0.4, 0.5) is 4.39 Å². The van der Waals surface area contributed by atoms with Crippen LogP contribution in [-0.2, 0) is 0 Å². The summed E-state index contributed by atoms with van der Waals surface area (Å²) in [6.07, 6.45) is 0.855. The lowest BCUT2D eigenvalue weighted by molar-refractivity contribution is 0.112. The topological polar surface area (TPSA) is 42.2 Å². The Kier molecular flexibility index (Phi) is 5.79. The van der Waals surface area contributed by atoms with Gasteiger partial charge in [-0.1, -0.05) is 45.5 Å². The number of aromatic hydroxyl groups is 1. The summed E-state index contributed by atoms with van der Waals surface area (Å²) >= 11 is 0. The van der Waals surface area contributed by atoms with E-state index in [2.05, 4.69) is 18.4 Å². The number of carbonyl (C=O) groups is 1. The van der Waals surface area contributed by atoms with Gasteiger partial charge in [0.2, 0.25) is 0 Å². The zero-order chi connectivity index (χ0) is 20.7. The van der Waals surface area contributed by atoms with Crippen LogP contribution in [0, 0.1) is 12.7 Å². The van der Waals surface area contributed by atoms with Crippen molar-refractivity contribution in [1.29, 1.82) is 0 Å². The Bertz CT molecular complexity index is 1240. The van der Waals surface area contributed by atoms with Crippen LogP contribution >= 0.6 is 0 Å². The molecule has 4 heteroatoms. The summed E-state index contributed by atoms with van der Waals surface area (Å²) in [6.45, 7) is 5.93. The number of rotatable bonds is 4. The van der Waals surface area contributed by atoms with Crippen molar-refractivity contribution in [2.45, 2.75) is 34.1 Å². The second kappa shape index (κ2) is 8.15. The fourth-order valence-electron chi connectivity index (χ4n) is 4.00. The Morgan fingerprint density at radius 3 is 2.43 bits per heavy atom. The maximum absolute atomic E-state index is 13.9. The van der Waals surface area contributed by atoms with Crippen molar-refractivity contribution in [3.8, 4) is 22.6 Å². The summed E-state index contributed by atoms with van der Waals surface area (Å²) in [5, 5.41) is 11.0. The molecule has 0 saturated heterocycles.